The maximum atomic E-state index is 5.61. The zero-order chi connectivity index (χ0) is 17.2. The second-order valence-electron chi connectivity index (χ2n) is 6.59. The predicted molar refractivity (Wildman–Crippen MR) is 96.8 cm³/mol. The molecule has 23 heavy (non-hydrogen) atoms. The summed E-state index contributed by atoms with van der Waals surface area (Å²) >= 11 is 1.65. The van der Waals surface area contributed by atoms with Crippen molar-refractivity contribution in [1.82, 2.24) is 10.3 Å². The Bertz CT molecular complexity index is 674. The van der Waals surface area contributed by atoms with E-state index in [1.165, 1.54) is 5.56 Å². The molecule has 0 spiro atoms. The summed E-state index contributed by atoms with van der Waals surface area (Å²) in [6, 6.07) is 4.43. The van der Waals surface area contributed by atoms with Crippen LogP contribution < -0.4 is 14.8 Å². The fourth-order valence-corrected chi connectivity index (χ4v) is 3.21. The Morgan fingerprint density at radius 3 is 2.39 bits per heavy atom. The van der Waals surface area contributed by atoms with E-state index in [1.54, 1.807) is 25.6 Å². The standard InChI is InChI=1S/C18H26N2O2S/c1-11(19-5)17-20-14(10-23-17)13-8-12(18(2,3)4)9-15(21-6)16(13)22-7/h8-11,19H,1-7H3. The largest absolute Gasteiger partial charge is 0.493 e. The quantitative estimate of drug-likeness (QED) is 0.880. The molecule has 1 atom stereocenters. The number of nitrogens with one attached hydrogen (secondary N) is 1. The topological polar surface area (TPSA) is 43.4 Å². The molecule has 0 saturated heterocycles. The average molecular weight is 334 g/mol. The van der Waals surface area contributed by atoms with Crippen molar-refractivity contribution in [1.29, 1.82) is 0 Å². The molecular weight excluding hydrogens is 308 g/mol. The number of hydrogen-bond acceptors (Lipinski definition) is 5. The maximum absolute atomic E-state index is 5.61. The number of benzene rings is 1. The van der Waals surface area contributed by atoms with Crippen molar-refractivity contribution in [3.05, 3.63) is 28.1 Å². The van der Waals surface area contributed by atoms with Crippen LogP contribution in [0.3, 0.4) is 0 Å². The Labute approximate surface area is 142 Å². The van der Waals surface area contributed by atoms with Crippen molar-refractivity contribution in [2.45, 2.75) is 39.2 Å². The minimum atomic E-state index is 0.0193. The lowest BCUT2D eigenvalue weighted by molar-refractivity contribution is 0.354. The van der Waals surface area contributed by atoms with E-state index in [4.69, 9.17) is 14.5 Å². The number of ether oxygens (including phenoxy) is 2. The molecule has 0 amide bonds. The molecule has 1 N–H and O–H groups in total. The first kappa shape index (κ1) is 17.8. The molecule has 0 aliphatic rings. The highest BCUT2D eigenvalue weighted by Gasteiger charge is 2.22. The summed E-state index contributed by atoms with van der Waals surface area (Å²) < 4.78 is 11.2. The van der Waals surface area contributed by atoms with E-state index in [-0.39, 0.29) is 11.5 Å². The minimum absolute atomic E-state index is 0.0193. The first-order valence-corrected chi connectivity index (χ1v) is 8.59. The summed E-state index contributed by atoms with van der Waals surface area (Å²) in [6.45, 7) is 8.67. The summed E-state index contributed by atoms with van der Waals surface area (Å²) in [5.41, 5.74) is 3.11. The van der Waals surface area contributed by atoms with Gasteiger partial charge in [-0.2, -0.15) is 0 Å². The molecule has 1 heterocycles. The molecule has 2 aromatic rings. The summed E-state index contributed by atoms with van der Waals surface area (Å²) in [6.07, 6.45) is 0. The van der Waals surface area contributed by atoms with Gasteiger partial charge in [0.25, 0.3) is 0 Å². The van der Waals surface area contributed by atoms with Gasteiger partial charge in [-0.25, -0.2) is 4.98 Å². The molecule has 0 saturated carbocycles. The number of aromatic nitrogens is 1. The lowest BCUT2D eigenvalue weighted by Gasteiger charge is -2.22. The monoisotopic (exact) mass is 334 g/mol. The fourth-order valence-electron chi connectivity index (χ4n) is 2.32. The normalized spacial score (nSPS) is 13.0. The summed E-state index contributed by atoms with van der Waals surface area (Å²) in [7, 11) is 5.28. The molecule has 1 unspecified atom stereocenters. The van der Waals surface area contributed by atoms with Crippen molar-refractivity contribution in [3.63, 3.8) is 0 Å². The second-order valence-corrected chi connectivity index (χ2v) is 7.48. The minimum Gasteiger partial charge on any atom is -0.493 e. The van der Waals surface area contributed by atoms with Crippen molar-refractivity contribution < 1.29 is 9.47 Å². The molecule has 0 bridgehead atoms. The smallest absolute Gasteiger partial charge is 0.170 e. The second kappa shape index (κ2) is 6.89. The SMILES string of the molecule is CNC(C)c1nc(-c2cc(C(C)(C)C)cc(OC)c2OC)cs1. The highest BCUT2D eigenvalue weighted by molar-refractivity contribution is 7.10. The highest BCUT2D eigenvalue weighted by atomic mass is 32.1. The molecule has 0 aliphatic carbocycles. The molecule has 0 radical (unpaired) electrons. The molecule has 1 aromatic heterocycles. The van der Waals surface area contributed by atoms with E-state index in [0.717, 1.165) is 27.8 Å². The van der Waals surface area contributed by atoms with Gasteiger partial charge in [-0.3, -0.25) is 0 Å². The van der Waals surface area contributed by atoms with Crippen molar-refractivity contribution >= 4 is 11.3 Å². The molecule has 5 heteroatoms. The van der Waals surface area contributed by atoms with Crippen LogP contribution >= 0.6 is 11.3 Å². The van der Waals surface area contributed by atoms with E-state index >= 15 is 0 Å². The van der Waals surface area contributed by atoms with Gasteiger partial charge in [0.05, 0.1) is 26.0 Å². The van der Waals surface area contributed by atoms with Gasteiger partial charge in [0, 0.05) is 10.9 Å². The molecule has 126 valence electrons. The van der Waals surface area contributed by atoms with Crippen LogP contribution in [0.15, 0.2) is 17.5 Å². The molecule has 0 fully saturated rings. The summed E-state index contributed by atoms with van der Waals surface area (Å²) in [4.78, 5) is 4.78. The van der Waals surface area contributed by atoms with Crippen LogP contribution in [-0.2, 0) is 5.41 Å². The first-order chi connectivity index (χ1) is 10.8. The van der Waals surface area contributed by atoms with Crippen molar-refractivity contribution in [2.75, 3.05) is 21.3 Å². The van der Waals surface area contributed by atoms with Crippen molar-refractivity contribution in [2.24, 2.45) is 0 Å². The third-order valence-corrected chi connectivity index (χ3v) is 4.97. The van der Waals surface area contributed by atoms with E-state index < -0.39 is 0 Å². The lowest BCUT2D eigenvalue weighted by atomic mass is 9.85. The van der Waals surface area contributed by atoms with Gasteiger partial charge >= 0.3 is 0 Å². The van der Waals surface area contributed by atoms with Crippen LogP contribution in [0.4, 0.5) is 0 Å². The first-order valence-electron chi connectivity index (χ1n) is 7.71. The molecular formula is C18H26N2O2S. The van der Waals surface area contributed by atoms with Crippen LogP contribution in [0.5, 0.6) is 11.5 Å². The van der Waals surface area contributed by atoms with Gasteiger partial charge in [0.15, 0.2) is 11.5 Å². The predicted octanol–water partition coefficient (Wildman–Crippen LogP) is 4.41. The van der Waals surface area contributed by atoms with Crippen LogP contribution in [0.2, 0.25) is 0 Å². The number of rotatable bonds is 5. The lowest BCUT2D eigenvalue weighted by Crippen LogP contribution is -2.12. The Kier molecular flexibility index (Phi) is 5.32. The van der Waals surface area contributed by atoms with Gasteiger partial charge < -0.3 is 14.8 Å². The molecule has 1 aromatic carbocycles. The number of thiazole rings is 1. The van der Waals surface area contributed by atoms with E-state index in [9.17, 15) is 0 Å². The highest BCUT2D eigenvalue weighted by Crippen LogP contribution is 2.42. The zero-order valence-electron chi connectivity index (χ0n) is 15.0. The Hall–Kier alpha value is -1.59. The number of nitrogens with zero attached hydrogens (tertiary/aromatic N) is 1. The summed E-state index contributed by atoms with van der Waals surface area (Å²) in [5.74, 6) is 1.47. The van der Waals surface area contributed by atoms with Crippen LogP contribution in [-0.4, -0.2) is 26.3 Å². The maximum Gasteiger partial charge on any atom is 0.170 e. The van der Waals surface area contributed by atoms with Crippen LogP contribution in [0.25, 0.3) is 11.3 Å². The van der Waals surface area contributed by atoms with E-state index in [1.807, 2.05) is 13.1 Å². The Morgan fingerprint density at radius 2 is 1.87 bits per heavy atom. The fraction of sp³-hybridized carbons (Fsp3) is 0.500. The number of methoxy groups -OCH3 is 2. The van der Waals surface area contributed by atoms with Gasteiger partial charge in [-0.1, -0.05) is 20.8 Å². The Balaban J connectivity index is 2.61. The van der Waals surface area contributed by atoms with Gasteiger partial charge in [-0.05, 0) is 37.1 Å². The molecule has 0 aliphatic heterocycles. The van der Waals surface area contributed by atoms with Crippen LogP contribution in [0.1, 0.15) is 44.3 Å². The average Bonchev–Trinajstić information content (AvgIpc) is 3.01. The van der Waals surface area contributed by atoms with Crippen molar-refractivity contribution in [3.8, 4) is 22.8 Å². The summed E-state index contributed by atoms with van der Waals surface area (Å²) in [5, 5.41) is 6.36. The van der Waals surface area contributed by atoms with E-state index in [2.05, 4.69) is 44.5 Å². The number of hydrogen-bond donors (Lipinski definition) is 1. The third kappa shape index (κ3) is 3.67. The van der Waals surface area contributed by atoms with Gasteiger partial charge in [0.2, 0.25) is 0 Å². The van der Waals surface area contributed by atoms with E-state index in [0.29, 0.717) is 0 Å². The van der Waals surface area contributed by atoms with Crippen LogP contribution in [0, 0.1) is 0 Å². The third-order valence-electron chi connectivity index (χ3n) is 3.95. The van der Waals surface area contributed by atoms with Gasteiger partial charge in [0.1, 0.15) is 5.01 Å². The molecule has 2 rings (SSSR count). The zero-order valence-corrected chi connectivity index (χ0v) is 15.8. The Morgan fingerprint density at radius 1 is 1.17 bits per heavy atom. The van der Waals surface area contributed by atoms with Gasteiger partial charge in [-0.15, -0.1) is 11.3 Å². The molecule has 4 nitrogen and oxygen atoms in total.